The van der Waals surface area contributed by atoms with Crippen molar-refractivity contribution in [3.63, 3.8) is 0 Å². The summed E-state index contributed by atoms with van der Waals surface area (Å²) < 4.78 is 0. The smallest absolute Gasteiger partial charge is 0.549 e. The second kappa shape index (κ2) is 6.74. The molecule has 0 radical (unpaired) electrons. The summed E-state index contributed by atoms with van der Waals surface area (Å²) >= 11 is 6.88. The van der Waals surface area contributed by atoms with Crippen LogP contribution in [-0.2, 0) is 4.79 Å². The Labute approximate surface area is 108 Å². The van der Waals surface area contributed by atoms with E-state index in [0.717, 1.165) is 4.90 Å². The molecule has 0 saturated heterocycles. The molecule has 0 saturated carbocycles. The van der Waals surface area contributed by atoms with E-state index < -0.39 is 5.97 Å². The monoisotopic (exact) mass is 224 g/mol. The summed E-state index contributed by atoms with van der Waals surface area (Å²) in [5.74, 6) is -1.11. The zero-order chi connectivity index (χ0) is 8.97. The largest absolute Gasteiger partial charge is 1.00 e. The van der Waals surface area contributed by atoms with Gasteiger partial charge in [0.25, 0.3) is 0 Å². The van der Waals surface area contributed by atoms with Crippen LogP contribution in [0.3, 0.4) is 0 Å². The Morgan fingerprint density at radius 2 is 2.23 bits per heavy atom. The number of carboxylic acids is 1. The average Bonchev–Trinajstić information content (AvgIpc) is 2.01. The van der Waals surface area contributed by atoms with Crippen molar-refractivity contribution in [2.75, 3.05) is 5.75 Å². The van der Waals surface area contributed by atoms with Gasteiger partial charge in [0.15, 0.2) is 0 Å². The number of benzene rings is 1. The number of thioether (sulfide) groups is 1. The summed E-state index contributed by atoms with van der Waals surface area (Å²) in [6.07, 6.45) is 0. The van der Waals surface area contributed by atoms with E-state index in [0.29, 0.717) is 5.02 Å². The molecule has 0 unspecified atom stereocenters. The van der Waals surface area contributed by atoms with Gasteiger partial charge in [-0.25, -0.2) is 0 Å². The van der Waals surface area contributed by atoms with Gasteiger partial charge in [0.1, 0.15) is 0 Å². The Morgan fingerprint density at radius 3 is 2.77 bits per heavy atom. The summed E-state index contributed by atoms with van der Waals surface area (Å²) in [7, 11) is 0. The maximum absolute atomic E-state index is 10.1. The SMILES string of the molecule is O=C([O-])CSc1cccc(Cl)c1.[Na+]. The van der Waals surface area contributed by atoms with Crippen LogP contribution in [0, 0.1) is 0 Å². The molecule has 2 nitrogen and oxygen atoms in total. The topological polar surface area (TPSA) is 40.1 Å². The van der Waals surface area contributed by atoms with Crippen molar-refractivity contribution >= 4 is 29.3 Å². The van der Waals surface area contributed by atoms with Crippen molar-refractivity contribution < 1.29 is 39.5 Å². The fourth-order valence-corrected chi connectivity index (χ4v) is 1.62. The second-order valence-electron chi connectivity index (χ2n) is 2.12. The van der Waals surface area contributed by atoms with Gasteiger partial charge in [-0.2, -0.15) is 0 Å². The molecule has 0 atom stereocenters. The number of carbonyl (C=O) groups excluding carboxylic acids is 1. The fraction of sp³-hybridized carbons (Fsp3) is 0.125. The Hall–Kier alpha value is 0.330. The van der Waals surface area contributed by atoms with Crippen LogP contribution in [0.5, 0.6) is 0 Å². The summed E-state index contributed by atoms with van der Waals surface area (Å²) in [5, 5.41) is 10.7. The molecular weight excluding hydrogens is 219 g/mol. The minimum atomic E-state index is -1.07. The molecule has 1 aromatic rings. The van der Waals surface area contributed by atoms with Crippen molar-refractivity contribution in [2.24, 2.45) is 0 Å². The molecule has 1 rings (SSSR count). The minimum Gasteiger partial charge on any atom is -0.549 e. The zero-order valence-electron chi connectivity index (χ0n) is 7.12. The van der Waals surface area contributed by atoms with E-state index in [4.69, 9.17) is 11.6 Å². The third-order valence-electron chi connectivity index (χ3n) is 1.15. The van der Waals surface area contributed by atoms with E-state index in [1.165, 1.54) is 11.8 Å². The van der Waals surface area contributed by atoms with Crippen molar-refractivity contribution in [3.8, 4) is 0 Å². The molecule has 5 heteroatoms. The van der Waals surface area contributed by atoms with Crippen LogP contribution in [0.25, 0.3) is 0 Å². The van der Waals surface area contributed by atoms with Crippen LogP contribution in [-0.4, -0.2) is 11.7 Å². The first-order chi connectivity index (χ1) is 5.68. The van der Waals surface area contributed by atoms with Gasteiger partial charge in [-0.05, 0) is 18.2 Å². The van der Waals surface area contributed by atoms with Crippen molar-refractivity contribution in [2.45, 2.75) is 4.90 Å². The van der Waals surface area contributed by atoms with Gasteiger partial charge < -0.3 is 9.90 Å². The fourth-order valence-electron chi connectivity index (χ4n) is 0.699. The maximum Gasteiger partial charge on any atom is 1.00 e. The number of halogens is 1. The first-order valence-corrected chi connectivity index (χ1v) is 4.63. The van der Waals surface area contributed by atoms with Crippen LogP contribution >= 0.6 is 23.4 Å². The normalized spacial score (nSPS) is 9.00. The van der Waals surface area contributed by atoms with Gasteiger partial charge in [0.2, 0.25) is 0 Å². The van der Waals surface area contributed by atoms with Crippen LogP contribution < -0.4 is 34.7 Å². The molecular formula is C8H6ClNaO2S. The van der Waals surface area contributed by atoms with E-state index in [1.807, 2.05) is 0 Å². The molecule has 0 spiro atoms. The quantitative estimate of drug-likeness (QED) is 0.449. The number of carboxylic acid groups (broad SMARTS) is 1. The molecule has 0 fully saturated rings. The Bertz CT molecular complexity index is 293. The van der Waals surface area contributed by atoms with E-state index in [1.54, 1.807) is 24.3 Å². The molecule has 0 aliphatic heterocycles. The number of hydrogen-bond donors (Lipinski definition) is 0. The van der Waals surface area contributed by atoms with E-state index in [9.17, 15) is 9.90 Å². The second-order valence-corrected chi connectivity index (χ2v) is 3.60. The summed E-state index contributed by atoms with van der Waals surface area (Å²) in [6.45, 7) is 0. The summed E-state index contributed by atoms with van der Waals surface area (Å²) in [4.78, 5) is 10.9. The number of hydrogen-bond acceptors (Lipinski definition) is 3. The van der Waals surface area contributed by atoms with Gasteiger partial charge in [-0.3, -0.25) is 0 Å². The Kier molecular flexibility index (Phi) is 6.91. The van der Waals surface area contributed by atoms with Gasteiger partial charge in [0.05, 0.1) is 5.97 Å². The Balaban J connectivity index is 0.00000144. The standard InChI is InChI=1S/C8H7ClO2S.Na/c9-6-2-1-3-7(4-6)12-5-8(10)11;/h1-4H,5H2,(H,10,11);/q;+1/p-1. The van der Waals surface area contributed by atoms with E-state index in [-0.39, 0.29) is 35.3 Å². The summed E-state index contributed by atoms with van der Waals surface area (Å²) in [6, 6.07) is 7.04. The minimum absolute atomic E-state index is 0. The molecule has 0 aliphatic carbocycles. The third kappa shape index (κ3) is 5.60. The molecule has 1 aromatic carbocycles. The number of carbonyl (C=O) groups is 1. The molecule has 0 aromatic heterocycles. The van der Waals surface area contributed by atoms with E-state index in [2.05, 4.69) is 0 Å². The molecule has 0 N–H and O–H groups in total. The first kappa shape index (κ1) is 13.3. The van der Waals surface area contributed by atoms with Gasteiger partial charge in [-0.15, -0.1) is 11.8 Å². The van der Waals surface area contributed by atoms with Crippen molar-refractivity contribution in [3.05, 3.63) is 29.3 Å². The molecule has 0 aliphatic rings. The maximum atomic E-state index is 10.1. The van der Waals surface area contributed by atoms with Gasteiger partial charge in [-0.1, -0.05) is 17.7 Å². The molecule has 0 amide bonds. The van der Waals surface area contributed by atoms with Crippen molar-refractivity contribution in [1.29, 1.82) is 0 Å². The first-order valence-electron chi connectivity index (χ1n) is 3.26. The van der Waals surface area contributed by atoms with Crippen LogP contribution in [0.15, 0.2) is 29.2 Å². The van der Waals surface area contributed by atoms with Crippen LogP contribution in [0.1, 0.15) is 0 Å². The number of rotatable bonds is 3. The predicted molar refractivity (Wildman–Crippen MR) is 47.2 cm³/mol. The van der Waals surface area contributed by atoms with Crippen LogP contribution in [0.4, 0.5) is 0 Å². The van der Waals surface area contributed by atoms with Crippen molar-refractivity contribution in [1.82, 2.24) is 0 Å². The predicted octanol–water partition coefficient (Wildman–Crippen LogP) is -1.81. The van der Waals surface area contributed by atoms with Gasteiger partial charge >= 0.3 is 29.6 Å². The zero-order valence-corrected chi connectivity index (χ0v) is 10.7. The van der Waals surface area contributed by atoms with Crippen LogP contribution in [0.2, 0.25) is 5.02 Å². The Morgan fingerprint density at radius 1 is 1.54 bits per heavy atom. The molecule has 64 valence electrons. The summed E-state index contributed by atoms with van der Waals surface area (Å²) in [5.41, 5.74) is 0. The average molecular weight is 225 g/mol. The molecule has 13 heavy (non-hydrogen) atoms. The third-order valence-corrected chi connectivity index (χ3v) is 2.36. The number of aliphatic carboxylic acids is 1. The molecule has 0 heterocycles. The van der Waals surface area contributed by atoms with Gasteiger partial charge in [0, 0.05) is 15.7 Å². The molecule has 0 bridgehead atoms. The van der Waals surface area contributed by atoms with E-state index >= 15 is 0 Å².